The third-order valence-corrected chi connectivity index (χ3v) is 5.21. The molecule has 0 bridgehead atoms. The molecule has 1 N–H and O–H groups in total. The van der Waals surface area contributed by atoms with Gasteiger partial charge in [-0.25, -0.2) is 0 Å². The molecule has 4 rings (SSSR count). The summed E-state index contributed by atoms with van der Waals surface area (Å²) < 4.78 is 0. The normalized spacial score (nSPS) is 14.4. The summed E-state index contributed by atoms with van der Waals surface area (Å²) in [7, 11) is 0. The lowest BCUT2D eigenvalue weighted by Crippen LogP contribution is -2.48. The fourth-order valence-corrected chi connectivity index (χ4v) is 3.42. The zero-order chi connectivity index (χ0) is 18.8. The van der Waals surface area contributed by atoms with Gasteiger partial charge < -0.3 is 9.80 Å². The number of piperazine rings is 1. The van der Waals surface area contributed by atoms with Gasteiger partial charge in [0.1, 0.15) is 0 Å². The maximum absolute atomic E-state index is 12.6. The van der Waals surface area contributed by atoms with Gasteiger partial charge in [-0.1, -0.05) is 35.3 Å². The highest BCUT2D eigenvalue weighted by Gasteiger charge is 2.23. The summed E-state index contributed by atoms with van der Waals surface area (Å²) in [5.74, 6) is 0.925. The van der Waals surface area contributed by atoms with Gasteiger partial charge in [-0.3, -0.25) is 9.89 Å². The standard InChI is InChI=1S/C20H18Cl2N4O/c21-16-5-1-14(2-6-16)18-13-19(24-23-18)25-9-11-26(12-10-25)20(27)15-3-7-17(22)8-4-15/h1-8,13H,9-12H2,(H,23,24). The van der Waals surface area contributed by atoms with Crippen LogP contribution >= 0.6 is 23.2 Å². The van der Waals surface area contributed by atoms with E-state index in [1.54, 1.807) is 24.3 Å². The number of nitrogens with zero attached hydrogens (tertiary/aromatic N) is 3. The Balaban J connectivity index is 1.40. The van der Waals surface area contributed by atoms with E-state index in [0.717, 1.165) is 30.2 Å². The van der Waals surface area contributed by atoms with Gasteiger partial charge in [0.2, 0.25) is 0 Å². The summed E-state index contributed by atoms with van der Waals surface area (Å²) in [4.78, 5) is 16.7. The molecule has 2 aromatic carbocycles. The Kier molecular flexibility index (Phi) is 5.05. The van der Waals surface area contributed by atoms with Crippen LogP contribution < -0.4 is 4.90 Å². The molecule has 7 heteroatoms. The van der Waals surface area contributed by atoms with Crippen molar-refractivity contribution in [1.82, 2.24) is 15.1 Å². The van der Waals surface area contributed by atoms with Crippen LogP contribution in [-0.2, 0) is 0 Å². The van der Waals surface area contributed by atoms with Gasteiger partial charge in [0.05, 0.1) is 5.69 Å². The van der Waals surface area contributed by atoms with Crippen LogP contribution in [0.3, 0.4) is 0 Å². The Morgan fingerprint density at radius 2 is 1.48 bits per heavy atom. The molecule has 0 aliphatic carbocycles. The molecule has 5 nitrogen and oxygen atoms in total. The van der Waals surface area contributed by atoms with Crippen LogP contribution in [-0.4, -0.2) is 47.2 Å². The minimum atomic E-state index is 0.0372. The fraction of sp³-hybridized carbons (Fsp3) is 0.200. The van der Waals surface area contributed by atoms with E-state index in [9.17, 15) is 4.79 Å². The lowest BCUT2D eigenvalue weighted by molar-refractivity contribution is 0.0746. The number of amides is 1. The van der Waals surface area contributed by atoms with Gasteiger partial charge in [-0.15, -0.1) is 0 Å². The number of H-pyrrole nitrogens is 1. The molecule has 1 fully saturated rings. The highest BCUT2D eigenvalue weighted by molar-refractivity contribution is 6.30. The molecule has 0 unspecified atom stereocenters. The number of carbonyl (C=O) groups excluding carboxylic acids is 1. The van der Waals surface area contributed by atoms with Crippen molar-refractivity contribution in [2.24, 2.45) is 0 Å². The Labute approximate surface area is 167 Å². The van der Waals surface area contributed by atoms with Crippen LogP contribution in [0.15, 0.2) is 54.6 Å². The second kappa shape index (κ2) is 7.62. The predicted octanol–water partition coefficient (Wildman–Crippen LogP) is 4.35. The lowest BCUT2D eigenvalue weighted by Gasteiger charge is -2.34. The summed E-state index contributed by atoms with van der Waals surface area (Å²) in [6.45, 7) is 2.80. The van der Waals surface area contributed by atoms with Crippen molar-refractivity contribution in [1.29, 1.82) is 0 Å². The maximum Gasteiger partial charge on any atom is 0.253 e. The molecule has 2 heterocycles. The molecule has 1 aliphatic rings. The topological polar surface area (TPSA) is 52.2 Å². The smallest absolute Gasteiger partial charge is 0.253 e. The highest BCUT2D eigenvalue weighted by Crippen LogP contribution is 2.24. The molecule has 0 spiro atoms. The molecule has 0 radical (unpaired) electrons. The van der Waals surface area contributed by atoms with Crippen LogP contribution in [0.2, 0.25) is 10.0 Å². The summed E-state index contributed by atoms with van der Waals surface area (Å²) in [6, 6.07) is 16.7. The number of aromatic amines is 1. The van der Waals surface area contributed by atoms with Crippen molar-refractivity contribution in [2.75, 3.05) is 31.1 Å². The number of anilines is 1. The van der Waals surface area contributed by atoms with E-state index in [4.69, 9.17) is 23.2 Å². The Morgan fingerprint density at radius 3 is 2.11 bits per heavy atom. The van der Waals surface area contributed by atoms with E-state index in [1.807, 2.05) is 35.2 Å². The molecule has 1 aromatic heterocycles. The number of benzene rings is 2. The highest BCUT2D eigenvalue weighted by atomic mass is 35.5. The minimum absolute atomic E-state index is 0.0372. The molecular formula is C20H18Cl2N4O. The zero-order valence-corrected chi connectivity index (χ0v) is 16.0. The third-order valence-electron chi connectivity index (χ3n) is 4.70. The number of rotatable bonds is 3. The van der Waals surface area contributed by atoms with Crippen LogP contribution in [0.25, 0.3) is 11.3 Å². The van der Waals surface area contributed by atoms with Crippen LogP contribution in [0.4, 0.5) is 5.82 Å². The van der Waals surface area contributed by atoms with E-state index in [2.05, 4.69) is 15.1 Å². The van der Waals surface area contributed by atoms with Crippen molar-refractivity contribution in [2.45, 2.75) is 0 Å². The minimum Gasteiger partial charge on any atom is -0.352 e. The largest absolute Gasteiger partial charge is 0.352 e. The van der Waals surface area contributed by atoms with Crippen molar-refractivity contribution in [3.63, 3.8) is 0 Å². The Hall–Kier alpha value is -2.50. The molecule has 0 saturated carbocycles. The SMILES string of the molecule is O=C(c1ccc(Cl)cc1)N1CCN(c2cc(-c3ccc(Cl)cc3)[nH]n2)CC1. The Bertz CT molecular complexity index is 929. The maximum atomic E-state index is 12.6. The summed E-state index contributed by atoms with van der Waals surface area (Å²) in [6.07, 6.45) is 0. The van der Waals surface area contributed by atoms with E-state index in [-0.39, 0.29) is 5.91 Å². The number of nitrogens with one attached hydrogen (secondary N) is 1. The van der Waals surface area contributed by atoms with E-state index in [1.165, 1.54) is 0 Å². The van der Waals surface area contributed by atoms with Crippen molar-refractivity contribution >= 4 is 34.9 Å². The average Bonchev–Trinajstić information content (AvgIpc) is 3.19. The zero-order valence-electron chi connectivity index (χ0n) is 14.5. The van der Waals surface area contributed by atoms with Crippen molar-refractivity contribution in [3.05, 3.63) is 70.2 Å². The lowest BCUT2D eigenvalue weighted by atomic mass is 10.1. The molecule has 1 amide bonds. The van der Waals surface area contributed by atoms with Crippen molar-refractivity contribution in [3.8, 4) is 11.3 Å². The summed E-state index contributed by atoms with van der Waals surface area (Å²) in [5.41, 5.74) is 2.65. The number of carbonyl (C=O) groups is 1. The summed E-state index contributed by atoms with van der Waals surface area (Å²) in [5, 5.41) is 8.84. The van der Waals surface area contributed by atoms with E-state index < -0.39 is 0 Å². The van der Waals surface area contributed by atoms with Gasteiger partial charge in [0.25, 0.3) is 5.91 Å². The molecule has 27 heavy (non-hydrogen) atoms. The first-order valence-corrected chi connectivity index (χ1v) is 9.47. The average molecular weight is 401 g/mol. The quantitative estimate of drug-likeness (QED) is 0.710. The van der Waals surface area contributed by atoms with Gasteiger partial charge in [-0.2, -0.15) is 5.10 Å². The van der Waals surface area contributed by atoms with Gasteiger partial charge in [0.15, 0.2) is 5.82 Å². The predicted molar refractivity (Wildman–Crippen MR) is 109 cm³/mol. The van der Waals surface area contributed by atoms with Gasteiger partial charge in [0, 0.05) is 47.9 Å². The third kappa shape index (κ3) is 3.94. The first-order valence-electron chi connectivity index (χ1n) is 8.71. The van der Waals surface area contributed by atoms with Gasteiger partial charge in [-0.05, 0) is 42.0 Å². The summed E-state index contributed by atoms with van der Waals surface area (Å²) >= 11 is 11.8. The van der Waals surface area contributed by atoms with Gasteiger partial charge >= 0.3 is 0 Å². The van der Waals surface area contributed by atoms with Crippen LogP contribution in [0.5, 0.6) is 0 Å². The first-order chi connectivity index (χ1) is 13.1. The number of aromatic nitrogens is 2. The number of hydrogen-bond acceptors (Lipinski definition) is 3. The monoisotopic (exact) mass is 400 g/mol. The molecule has 1 aliphatic heterocycles. The first kappa shape index (κ1) is 17.9. The molecule has 3 aromatic rings. The second-order valence-electron chi connectivity index (χ2n) is 6.43. The van der Waals surface area contributed by atoms with Crippen LogP contribution in [0, 0.1) is 0 Å². The number of halogens is 2. The van der Waals surface area contributed by atoms with Crippen molar-refractivity contribution < 1.29 is 4.79 Å². The number of hydrogen-bond donors (Lipinski definition) is 1. The molecule has 138 valence electrons. The molecular weight excluding hydrogens is 383 g/mol. The Morgan fingerprint density at radius 1 is 0.889 bits per heavy atom. The van der Waals surface area contributed by atoms with Crippen LogP contribution in [0.1, 0.15) is 10.4 Å². The fourth-order valence-electron chi connectivity index (χ4n) is 3.16. The second-order valence-corrected chi connectivity index (χ2v) is 7.31. The van der Waals surface area contributed by atoms with E-state index >= 15 is 0 Å². The molecule has 0 atom stereocenters. The van der Waals surface area contributed by atoms with E-state index in [0.29, 0.717) is 28.7 Å². The molecule has 1 saturated heterocycles.